The van der Waals surface area contributed by atoms with Crippen LogP contribution in [-0.4, -0.2) is 38.3 Å². The van der Waals surface area contributed by atoms with Crippen LogP contribution in [0.1, 0.15) is 13.3 Å². The highest BCUT2D eigenvalue weighted by Crippen LogP contribution is 2.23. The molecule has 0 saturated carbocycles. The standard InChI is InChI=1S/C24H26N2O3/c1-2-23(29-22-12-7-18-5-3-4-6-19(18)17-22)24(27)25-20-8-10-21(11-9-20)26-13-15-28-16-14-26/h3-12,17,23H,2,13-16H2,1H3,(H,25,27)/t23-/m1/s1. The molecule has 1 fully saturated rings. The molecule has 0 aliphatic carbocycles. The Hall–Kier alpha value is -3.05. The van der Waals surface area contributed by atoms with Gasteiger partial charge in [-0.05, 0) is 53.6 Å². The van der Waals surface area contributed by atoms with Gasteiger partial charge in [0.05, 0.1) is 13.2 Å². The zero-order valence-electron chi connectivity index (χ0n) is 16.6. The molecule has 150 valence electrons. The molecule has 1 heterocycles. The second-order valence-corrected chi connectivity index (χ2v) is 7.16. The zero-order chi connectivity index (χ0) is 20.1. The monoisotopic (exact) mass is 390 g/mol. The Morgan fingerprint density at radius 3 is 2.48 bits per heavy atom. The first-order valence-electron chi connectivity index (χ1n) is 10.1. The second-order valence-electron chi connectivity index (χ2n) is 7.16. The van der Waals surface area contributed by atoms with Crippen LogP contribution in [0.5, 0.6) is 5.75 Å². The molecule has 0 spiro atoms. The third kappa shape index (κ3) is 4.69. The van der Waals surface area contributed by atoms with Crippen molar-refractivity contribution in [1.82, 2.24) is 0 Å². The lowest BCUT2D eigenvalue weighted by Crippen LogP contribution is -2.36. The van der Waals surface area contributed by atoms with Gasteiger partial charge in [-0.3, -0.25) is 4.79 Å². The minimum absolute atomic E-state index is 0.139. The second kappa shape index (κ2) is 8.97. The molecule has 5 nitrogen and oxygen atoms in total. The number of nitrogens with zero attached hydrogens (tertiary/aromatic N) is 1. The molecule has 3 aromatic carbocycles. The summed E-state index contributed by atoms with van der Waals surface area (Å²) in [6.07, 6.45) is 0.0416. The molecule has 0 unspecified atom stereocenters. The maximum Gasteiger partial charge on any atom is 0.265 e. The minimum atomic E-state index is -0.546. The SMILES string of the molecule is CC[C@@H](Oc1ccc2ccccc2c1)C(=O)Nc1ccc(N2CCOCC2)cc1. The van der Waals surface area contributed by atoms with E-state index >= 15 is 0 Å². The summed E-state index contributed by atoms with van der Waals surface area (Å²) in [5.74, 6) is 0.563. The molecule has 29 heavy (non-hydrogen) atoms. The van der Waals surface area contributed by atoms with Gasteiger partial charge in [-0.2, -0.15) is 0 Å². The summed E-state index contributed by atoms with van der Waals surface area (Å²) in [5.41, 5.74) is 1.92. The Kier molecular flexibility index (Phi) is 5.96. The number of benzene rings is 3. The number of amides is 1. The van der Waals surface area contributed by atoms with E-state index in [1.807, 2.05) is 67.6 Å². The fourth-order valence-electron chi connectivity index (χ4n) is 3.53. The van der Waals surface area contributed by atoms with Gasteiger partial charge >= 0.3 is 0 Å². The van der Waals surface area contributed by atoms with Crippen LogP contribution in [-0.2, 0) is 9.53 Å². The average molecular weight is 390 g/mol. The molecule has 1 atom stereocenters. The third-order valence-electron chi connectivity index (χ3n) is 5.17. The van der Waals surface area contributed by atoms with Crippen LogP contribution >= 0.6 is 0 Å². The Labute approximate surface area is 171 Å². The number of morpholine rings is 1. The number of fused-ring (bicyclic) bond motifs is 1. The first-order chi connectivity index (χ1) is 14.2. The molecule has 0 bridgehead atoms. The highest BCUT2D eigenvalue weighted by atomic mass is 16.5. The molecule has 0 aromatic heterocycles. The van der Waals surface area contributed by atoms with E-state index in [-0.39, 0.29) is 5.91 Å². The number of carbonyl (C=O) groups excluding carboxylic acids is 1. The van der Waals surface area contributed by atoms with Gasteiger partial charge in [-0.25, -0.2) is 0 Å². The van der Waals surface area contributed by atoms with Crippen molar-refractivity contribution in [2.75, 3.05) is 36.5 Å². The average Bonchev–Trinajstić information content (AvgIpc) is 2.78. The van der Waals surface area contributed by atoms with E-state index < -0.39 is 6.10 Å². The predicted octanol–water partition coefficient (Wildman–Crippen LogP) is 4.47. The molecule has 3 aromatic rings. The van der Waals surface area contributed by atoms with Crippen molar-refractivity contribution in [1.29, 1.82) is 0 Å². The van der Waals surface area contributed by atoms with Gasteiger partial charge in [0.15, 0.2) is 6.10 Å². The molecule has 1 amide bonds. The summed E-state index contributed by atoms with van der Waals surface area (Å²) in [5, 5.41) is 5.22. The normalized spacial score (nSPS) is 15.1. The predicted molar refractivity (Wildman–Crippen MR) is 117 cm³/mol. The minimum Gasteiger partial charge on any atom is -0.481 e. The first-order valence-corrected chi connectivity index (χ1v) is 10.1. The summed E-state index contributed by atoms with van der Waals surface area (Å²) in [7, 11) is 0. The van der Waals surface area contributed by atoms with Crippen molar-refractivity contribution in [2.45, 2.75) is 19.4 Å². The van der Waals surface area contributed by atoms with Crippen molar-refractivity contribution in [3.63, 3.8) is 0 Å². The van der Waals surface area contributed by atoms with Gasteiger partial charge in [0.25, 0.3) is 5.91 Å². The first kappa shape index (κ1) is 19.3. The van der Waals surface area contributed by atoms with E-state index in [0.29, 0.717) is 12.2 Å². The lowest BCUT2D eigenvalue weighted by Gasteiger charge is -2.29. The van der Waals surface area contributed by atoms with Gasteiger partial charge in [0, 0.05) is 24.5 Å². The molecular formula is C24H26N2O3. The summed E-state index contributed by atoms with van der Waals surface area (Å²) in [6, 6.07) is 21.9. The van der Waals surface area contributed by atoms with Crippen LogP contribution in [0, 0.1) is 0 Å². The number of carbonyl (C=O) groups is 1. The number of anilines is 2. The maximum atomic E-state index is 12.7. The fraction of sp³-hybridized carbons (Fsp3) is 0.292. The topological polar surface area (TPSA) is 50.8 Å². The molecule has 5 heteroatoms. The molecule has 1 aliphatic rings. The van der Waals surface area contributed by atoms with Crippen LogP contribution in [0.15, 0.2) is 66.7 Å². The summed E-state index contributed by atoms with van der Waals surface area (Å²) < 4.78 is 11.4. The number of rotatable bonds is 6. The number of hydrogen-bond acceptors (Lipinski definition) is 4. The Balaban J connectivity index is 1.40. The molecule has 0 radical (unpaired) electrons. The van der Waals surface area contributed by atoms with Crippen LogP contribution in [0.4, 0.5) is 11.4 Å². The van der Waals surface area contributed by atoms with E-state index in [4.69, 9.17) is 9.47 Å². The Morgan fingerprint density at radius 2 is 1.76 bits per heavy atom. The number of ether oxygens (including phenoxy) is 2. The van der Waals surface area contributed by atoms with E-state index in [1.54, 1.807) is 0 Å². The zero-order valence-corrected chi connectivity index (χ0v) is 16.6. The van der Waals surface area contributed by atoms with E-state index in [1.165, 1.54) is 0 Å². The molecule has 1 aliphatic heterocycles. The molecular weight excluding hydrogens is 364 g/mol. The van der Waals surface area contributed by atoms with E-state index in [0.717, 1.165) is 48.5 Å². The summed E-state index contributed by atoms with van der Waals surface area (Å²) in [6.45, 7) is 5.24. The number of nitrogens with one attached hydrogen (secondary N) is 1. The smallest absolute Gasteiger partial charge is 0.265 e. The highest BCUT2D eigenvalue weighted by molar-refractivity contribution is 5.94. The van der Waals surface area contributed by atoms with Crippen molar-refractivity contribution in [3.05, 3.63) is 66.7 Å². The Bertz CT molecular complexity index is 965. The van der Waals surface area contributed by atoms with Gasteiger partial charge in [0.2, 0.25) is 0 Å². The molecule has 1 N–H and O–H groups in total. The maximum absolute atomic E-state index is 12.7. The van der Waals surface area contributed by atoms with Gasteiger partial charge < -0.3 is 19.7 Å². The van der Waals surface area contributed by atoms with Crippen LogP contribution < -0.4 is 15.0 Å². The van der Waals surface area contributed by atoms with Crippen LogP contribution in [0.25, 0.3) is 10.8 Å². The summed E-state index contributed by atoms with van der Waals surface area (Å²) >= 11 is 0. The highest BCUT2D eigenvalue weighted by Gasteiger charge is 2.19. The molecule has 4 rings (SSSR count). The Morgan fingerprint density at radius 1 is 1.03 bits per heavy atom. The van der Waals surface area contributed by atoms with Gasteiger partial charge in [-0.1, -0.05) is 37.3 Å². The van der Waals surface area contributed by atoms with E-state index in [9.17, 15) is 4.79 Å². The van der Waals surface area contributed by atoms with Gasteiger partial charge in [-0.15, -0.1) is 0 Å². The number of hydrogen-bond donors (Lipinski definition) is 1. The van der Waals surface area contributed by atoms with E-state index in [2.05, 4.69) is 16.3 Å². The largest absolute Gasteiger partial charge is 0.481 e. The van der Waals surface area contributed by atoms with Crippen LogP contribution in [0.3, 0.4) is 0 Å². The van der Waals surface area contributed by atoms with Crippen molar-refractivity contribution in [3.8, 4) is 5.75 Å². The fourth-order valence-corrected chi connectivity index (χ4v) is 3.53. The third-order valence-corrected chi connectivity index (χ3v) is 5.17. The van der Waals surface area contributed by atoms with Crippen LogP contribution in [0.2, 0.25) is 0 Å². The van der Waals surface area contributed by atoms with Crippen molar-refractivity contribution in [2.24, 2.45) is 0 Å². The lowest BCUT2D eigenvalue weighted by atomic mass is 10.1. The van der Waals surface area contributed by atoms with Crippen molar-refractivity contribution < 1.29 is 14.3 Å². The quantitative estimate of drug-likeness (QED) is 0.675. The summed E-state index contributed by atoms with van der Waals surface area (Å²) in [4.78, 5) is 15.0. The molecule has 1 saturated heterocycles. The van der Waals surface area contributed by atoms with Crippen molar-refractivity contribution >= 4 is 28.1 Å². The lowest BCUT2D eigenvalue weighted by molar-refractivity contribution is -0.122. The van der Waals surface area contributed by atoms with Gasteiger partial charge in [0.1, 0.15) is 5.75 Å².